The number of aryl methyl sites for hydroxylation is 2. The zero-order valence-electron chi connectivity index (χ0n) is 11.1. The van der Waals surface area contributed by atoms with Gasteiger partial charge in [0.25, 0.3) is 0 Å². The first-order chi connectivity index (χ1) is 8.97. The topological polar surface area (TPSA) is 73.0 Å². The van der Waals surface area contributed by atoms with Gasteiger partial charge in [0.1, 0.15) is 6.20 Å². The van der Waals surface area contributed by atoms with Gasteiger partial charge in [-0.25, -0.2) is 0 Å². The van der Waals surface area contributed by atoms with Gasteiger partial charge in [-0.3, -0.25) is 14.8 Å². The molecule has 1 aromatic heterocycles. The van der Waals surface area contributed by atoms with Crippen molar-refractivity contribution >= 4 is 11.5 Å². The molecule has 0 aliphatic rings. The third kappa shape index (κ3) is 2.90. The SMILES string of the molecule is Cc1ccc(C(C)Nc2nn(C)cc2[N+](=O)[O-])cc1. The van der Waals surface area contributed by atoms with E-state index in [0.717, 1.165) is 5.56 Å². The van der Waals surface area contributed by atoms with Gasteiger partial charge in [-0.05, 0) is 19.4 Å². The highest BCUT2D eigenvalue weighted by Gasteiger charge is 2.20. The number of nitrogens with zero attached hydrogens (tertiary/aromatic N) is 3. The van der Waals surface area contributed by atoms with Crippen molar-refractivity contribution in [1.82, 2.24) is 9.78 Å². The number of hydrogen-bond donors (Lipinski definition) is 1. The first-order valence-corrected chi connectivity index (χ1v) is 5.98. The van der Waals surface area contributed by atoms with E-state index >= 15 is 0 Å². The molecule has 0 spiro atoms. The molecule has 2 aromatic rings. The van der Waals surface area contributed by atoms with E-state index in [2.05, 4.69) is 10.4 Å². The van der Waals surface area contributed by atoms with Gasteiger partial charge in [-0.2, -0.15) is 0 Å². The number of nitro groups is 1. The van der Waals surface area contributed by atoms with E-state index in [9.17, 15) is 10.1 Å². The van der Waals surface area contributed by atoms with Crippen LogP contribution in [0.5, 0.6) is 0 Å². The minimum absolute atomic E-state index is 0.0125. The highest BCUT2D eigenvalue weighted by Crippen LogP contribution is 2.26. The van der Waals surface area contributed by atoms with Gasteiger partial charge in [0.15, 0.2) is 0 Å². The smallest absolute Gasteiger partial charge is 0.330 e. The first kappa shape index (κ1) is 13.1. The molecule has 1 atom stereocenters. The zero-order chi connectivity index (χ0) is 14.0. The summed E-state index contributed by atoms with van der Waals surface area (Å²) in [6, 6.07) is 7.98. The van der Waals surface area contributed by atoms with Crippen molar-refractivity contribution in [3.63, 3.8) is 0 Å². The Bertz CT molecular complexity index is 589. The Morgan fingerprint density at radius 3 is 2.58 bits per heavy atom. The van der Waals surface area contributed by atoms with Crippen LogP contribution in [0.3, 0.4) is 0 Å². The molecule has 0 saturated heterocycles. The Morgan fingerprint density at radius 2 is 2.00 bits per heavy atom. The predicted octanol–water partition coefficient (Wildman–Crippen LogP) is 2.81. The van der Waals surface area contributed by atoms with Crippen molar-refractivity contribution in [2.24, 2.45) is 7.05 Å². The van der Waals surface area contributed by atoms with Gasteiger partial charge in [0.2, 0.25) is 5.82 Å². The maximum Gasteiger partial charge on any atom is 0.330 e. The third-order valence-electron chi connectivity index (χ3n) is 2.94. The van der Waals surface area contributed by atoms with E-state index in [1.54, 1.807) is 7.05 Å². The highest BCUT2D eigenvalue weighted by molar-refractivity contribution is 5.55. The fourth-order valence-electron chi connectivity index (χ4n) is 1.86. The van der Waals surface area contributed by atoms with E-state index in [4.69, 9.17) is 0 Å². The molecule has 0 saturated carbocycles. The molecule has 0 aliphatic carbocycles. The van der Waals surface area contributed by atoms with E-state index in [0.29, 0.717) is 5.82 Å². The van der Waals surface area contributed by atoms with Crippen LogP contribution >= 0.6 is 0 Å². The number of nitrogens with one attached hydrogen (secondary N) is 1. The van der Waals surface area contributed by atoms with Gasteiger partial charge >= 0.3 is 5.69 Å². The van der Waals surface area contributed by atoms with Crippen LogP contribution in [0.1, 0.15) is 24.1 Å². The molecule has 1 aromatic carbocycles. The molecule has 0 amide bonds. The van der Waals surface area contributed by atoms with Crippen molar-refractivity contribution in [3.8, 4) is 0 Å². The van der Waals surface area contributed by atoms with Crippen LogP contribution < -0.4 is 5.32 Å². The Hall–Kier alpha value is -2.37. The van der Waals surface area contributed by atoms with E-state index in [-0.39, 0.29) is 11.7 Å². The van der Waals surface area contributed by atoms with Gasteiger partial charge in [0.05, 0.1) is 11.0 Å². The standard InChI is InChI=1S/C13H16N4O2/c1-9-4-6-11(7-5-9)10(2)14-13-12(17(18)19)8-16(3)15-13/h4-8,10H,1-3H3,(H,14,15). The molecule has 2 rings (SSSR count). The fourth-order valence-corrected chi connectivity index (χ4v) is 1.86. The molecule has 6 heteroatoms. The molecule has 0 aliphatic heterocycles. The summed E-state index contributed by atoms with van der Waals surface area (Å²) in [6.45, 7) is 3.97. The molecule has 1 unspecified atom stereocenters. The van der Waals surface area contributed by atoms with E-state index in [1.807, 2.05) is 38.1 Å². The second-order valence-electron chi connectivity index (χ2n) is 4.57. The van der Waals surface area contributed by atoms with Crippen molar-refractivity contribution in [2.45, 2.75) is 19.9 Å². The largest absolute Gasteiger partial charge is 0.356 e. The monoisotopic (exact) mass is 260 g/mol. The molecule has 0 fully saturated rings. The Kier molecular flexibility index (Phi) is 3.50. The van der Waals surface area contributed by atoms with Crippen LogP contribution in [0, 0.1) is 17.0 Å². The van der Waals surface area contributed by atoms with Crippen molar-refractivity contribution in [2.75, 3.05) is 5.32 Å². The molecular formula is C13H16N4O2. The molecule has 0 radical (unpaired) electrons. The molecule has 19 heavy (non-hydrogen) atoms. The summed E-state index contributed by atoms with van der Waals surface area (Å²) in [6.07, 6.45) is 1.39. The number of rotatable bonds is 4. The summed E-state index contributed by atoms with van der Waals surface area (Å²) in [5, 5.41) is 18.1. The van der Waals surface area contributed by atoms with Crippen LogP contribution in [0.25, 0.3) is 0 Å². The number of aromatic nitrogens is 2. The van der Waals surface area contributed by atoms with Crippen LogP contribution in [0.4, 0.5) is 11.5 Å². The first-order valence-electron chi connectivity index (χ1n) is 5.98. The van der Waals surface area contributed by atoms with Crippen molar-refractivity contribution < 1.29 is 4.92 Å². The molecule has 100 valence electrons. The highest BCUT2D eigenvalue weighted by atomic mass is 16.6. The van der Waals surface area contributed by atoms with Crippen LogP contribution in [-0.2, 0) is 7.05 Å². The lowest BCUT2D eigenvalue weighted by Crippen LogP contribution is -2.08. The Labute approximate surface area is 111 Å². The second-order valence-corrected chi connectivity index (χ2v) is 4.57. The molecule has 1 N–H and O–H groups in total. The van der Waals surface area contributed by atoms with E-state index < -0.39 is 4.92 Å². The summed E-state index contributed by atoms with van der Waals surface area (Å²) in [5.41, 5.74) is 2.23. The lowest BCUT2D eigenvalue weighted by Gasteiger charge is -2.13. The summed E-state index contributed by atoms with van der Waals surface area (Å²) in [7, 11) is 1.66. The van der Waals surface area contributed by atoms with Crippen LogP contribution in [-0.4, -0.2) is 14.7 Å². The van der Waals surface area contributed by atoms with Crippen LogP contribution in [0.15, 0.2) is 30.5 Å². The number of anilines is 1. The van der Waals surface area contributed by atoms with Gasteiger partial charge in [-0.15, -0.1) is 5.10 Å². The number of benzene rings is 1. The van der Waals surface area contributed by atoms with Gasteiger partial charge < -0.3 is 5.32 Å². The predicted molar refractivity (Wildman–Crippen MR) is 73.1 cm³/mol. The Morgan fingerprint density at radius 1 is 1.37 bits per heavy atom. The summed E-state index contributed by atoms with van der Waals surface area (Å²) >= 11 is 0. The molecule has 1 heterocycles. The number of hydrogen-bond acceptors (Lipinski definition) is 4. The Balaban J connectivity index is 2.21. The second kappa shape index (κ2) is 5.09. The van der Waals surface area contributed by atoms with Crippen molar-refractivity contribution in [3.05, 3.63) is 51.7 Å². The third-order valence-corrected chi connectivity index (χ3v) is 2.94. The minimum atomic E-state index is -0.433. The minimum Gasteiger partial charge on any atom is -0.356 e. The molecule has 6 nitrogen and oxygen atoms in total. The molecular weight excluding hydrogens is 244 g/mol. The quantitative estimate of drug-likeness (QED) is 0.677. The summed E-state index contributed by atoms with van der Waals surface area (Å²) in [4.78, 5) is 10.5. The molecule has 0 bridgehead atoms. The lowest BCUT2D eigenvalue weighted by atomic mass is 10.1. The normalized spacial score (nSPS) is 12.2. The summed E-state index contributed by atoms with van der Waals surface area (Å²) in [5.74, 6) is 0.292. The average molecular weight is 260 g/mol. The maximum atomic E-state index is 10.9. The van der Waals surface area contributed by atoms with Crippen molar-refractivity contribution in [1.29, 1.82) is 0 Å². The summed E-state index contributed by atoms with van der Waals surface area (Å²) < 4.78 is 1.43. The van der Waals surface area contributed by atoms with Crippen LogP contribution in [0.2, 0.25) is 0 Å². The van der Waals surface area contributed by atoms with E-state index in [1.165, 1.54) is 16.4 Å². The fraction of sp³-hybridized carbons (Fsp3) is 0.308. The zero-order valence-corrected chi connectivity index (χ0v) is 11.1. The van der Waals surface area contributed by atoms with Gasteiger partial charge in [0, 0.05) is 7.05 Å². The van der Waals surface area contributed by atoms with Gasteiger partial charge in [-0.1, -0.05) is 29.8 Å². The maximum absolute atomic E-state index is 10.9. The average Bonchev–Trinajstić information content (AvgIpc) is 2.71. The lowest BCUT2D eigenvalue weighted by molar-refractivity contribution is -0.384.